The van der Waals surface area contributed by atoms with Gasteiger partial charge in [-0.15, -0.1) is 0 Å². The molecule has 7 nitrogen and oxygen atoms in total. The molecule has 1 saturated carbocycles. The molecule has 0 radical (unpaired) electrons. The van der Waals surface area contributed by atoms with Gasteiger partial charge in [-0.1, -0.05) is 11.6 Å². The summed E-state index contributed by atoms with van der Waals surface area (Å²) >= 11 is 5.71. The second-order valence-corrected chi connectivity index (χ2v) is 9.12. The highest BCUT2D eigenvalue weighted by atomic mass is 35.5. The van der Waals surface area contributed by atoms with Crippen LogP contribution < -0.4 is 10.0 Å². The molecule has 2 N–H and O–H groups in total. The Bertz CT molecular complexity index is 1260. The second kappa shape index (κ2) is 6.96. The van der Waals surface area contributed by atoms with Crippen LogP contribution in [-0.2, 0) is 17.1 Å². The van der Waals surface area contributed by atoms with E-state index in [1.165, 1.54) is 29.9 Å². The number of aryl methyl sites for hydroxylation is 1. The lowest BCUT2D eigenvalue weighted by molar-refractivity contribution is 0.101. The van der Waals surface area contributed by atoms with Crippen LogP contribution in [0.1, 0.15) is 23.3 Å². The molecule has 1 heterocycles. The molecule has 1 aliphatic carbocycles. The Morgan fingerprint density at radius 2 is 1.90 bits per heavy atom. The van der Waals surface area contributed by atoms with Gasteiger partial charge in [0, 0.05) is 12.7 Å². The van der Waals surface area contributed by atoms with Crippen LogP contribution >= 0.6 is 11.6 Å². The third-order valence-electron chi connectivity index (χ3n) is 4.50. The lowest BCUT2D eigenvalue weighted by atomic mass is 10.1. The van der Waals surface area contributed by atoms with Crippen molar-refractivity contribution in [3.05, 3.63) is 52.7 Å². The predicted molar refractivity (Wildman–Crippen MR) is 106 cm³/mol. The van der Waals surface area contributed by atoms with Crippen LogP contribution in [0.3, 0.4) is 0 Å². The van der Waals surface area contributed by atoms with Crippen LogP contribution in [0.4, 0.5) is 20.2 Å². The van der Waals surface area contributed by atoms with Gasteiger partial charge in [0.25, 0.3) is 5.91 Å². The molecule has 29 heavy (non-hydrogen) atoms. The molecule has 0 saturated heterocycles. The predicted octanol–water partition coefficient (Wildman–Crippen LogP) is 3.66. The minimum absolute atomic E-state index is 0.0391. The van der Waals surface area contributed by atoms with Crippen LogP contribution in [0.15, 0.2) is 30.3 Å². The van der Waals surface area contributed by atoms with Crippen LogP contribution in [0.25, 0.3) is 10.9 Å². The van der Waals surface area contributed by atoms with E-state index in [1.807, 2.05) is 0 Å². The van der Waals surface area contributed by atoms with E-state index in [1.54, 1.807) is 0 Å². The van der Waals surface area contributed by atoms with Crippen LogP contribution in [0, 0.1) is 11.6 Å². The minimum Gasteiger partial charge on any atom is -0.321 e. The first-order valence-corrected chi connectivity index (χ1v) is 10.5. The largest absolute Gasteiger partial charge is 0.321 e. The highest BCUT2D eigenvalue weighted by Gasteiger charge is 2.36. The maximum Gasteiger partial charge on any atom is 0.274 e. The quantitative estimate of drug-likeness (QED) is 0.633. The first-order chi connectivity index (χ1) is 13.7. The number of fused-ring (bicyclic) bond motifs is 1. The zero-order chi connectivity index (χ0) is 20.9. The Morgan fingerprint density at radius 3 is 2.55 bits per heavy atom. The molecule has 1 aromatic heterocycles. The Labute approximate surface area is 169 Å². The van der Waals surface area contributed by atoms with Crippen molar-refractivity contribution < 1.29 is 22.0 Å². The van der Waals surface area contributed by atoms with Crippen molar-refractivity contribution in [2.75, 3.05) is 10.0 Å². The van der Waals surface area contributed by atoms with Gasteiger partial charge in [-0.2, -0.15) is 5.10 Å². The summed E-state index contributed by atoms with van der Waals surface area (Å²) in [7, 11) is -2.11. The lowest BCUT2D eigenvalue weighted by Gasteiger charge is -2.08. The number of aromatic nitrogens is 2. The third kappa shape index (κ3) is 3.77. The van der Waals surface area contributed by atoms with E-state index in [0.29, 0.717) is 12.8 Å². The Morgan fingerprint density at radius 1 is 1.17 bits per heavy atom. The van der Waals surface area contributed by atoms with E-state index in [4.69, 9.17) is 11.6 Å². The molecule has 4 rings (SSSR count). The molecule has 152 valence electrons. The molecule has 3 aromatic rings. The van der Waals surface area contributed by atoms with E-state index in [2.05, 4.69) is 15.1 Å². The summed E-state index contributed by atoms with van der Waals surface area (Å²) in [6, 6.07) is 6.02. The number of benzene rings is 2. The Balaban J connectivity index is 1.68. The van der Waals surface area contributed by atoms with Gasteiger partial charge >= 0.3 is 0 Å². The van der Waals surface area contributed by atoms with E-state index >= 15 is 0 Å². The summed E-state index contributed by atoms with van der Waals surface area (Å²) in [5, 5.41) is 5.94. The van der Waals surface area contributed by atoms with Crippen molar-refractivity contribution in [2.24, 2.45) is 7.05 Å². The average Bonchev–Trinajstić information content (AvgIpc) is 3.42. The molecule has 1 aliphatic rings. The van der Waals surface area contributed by atoms with Gasteiger partial charge in [-0.25, -0.2) is 17.2 Å². The van der Waals surface area contributed by atoms with Gasteiger partial charge in [0.1, 0.15) is 17.3 Å². The summed E-state index contributed by atoms with van der Waals surface area (Å²) < 4.78 is 55.8. The lowest BCUT2D eigenvalue weighted by Crippen LogP contribution is -2.17. The van der Waals surface area contributed by atoms with E-state index in [-0.39, 0.29) is 33.0 Å². The van der Waals surface area contributed by atoms with Gasteiger partial charge in [-0.05, 0) is 43.2 Å². The van der Waals surface area contributed by atoms with E-state index in [0.717, 1.165) is 12.1 Å². The third-order valence-corrected chi connectivity index (χ3v) is 6.66. The van der Waals surface area contributed by atoms with Crippen molar-refractivity contribution >= 4 is 49.8 Å². The molecular formula is C18H15ClF2N4O3S. The van der Waals surface area contributed by atoms with E-state index < -0.39 is 32.8 Å². The molecule has 0 atom stereocenters. The number of nitrogens with one attached hydrogen (secondary N) is 2. The van der Waals surface area contributed by atoms with E-state index in [9.17, 15) is 22.0 Å². The molecule has 0 spiro atoms. The monoisotopic (exact) mass is 440 g/mol. The maximum absolute atomic E-state index is 14.8. The zero-order valence-electron chi connectivity index (χ0n) is 15.0. The van der Waals surface area contributed by atoms with Crippen LogP contribution in [0.2, 0.25) is 5.02 Å². The number of sulfonamides is 1. The highest BCUT2D eigenvalue weighted by Crippen LogP contribution is 2.32. The molecule has 1 amide bonds. The SMILES string of the molecule is Cn1nc2cc(NS(=O)(=O)C3CC3)cc(F)c2c1C(=O)Nc1ccc(F)c(Cl)c1. The highest BCUT2D eigenvalue weighted by molar-refractivity contribution is 7.93. The van der Waals surface area contributed by atoms with Crippen LogP contribution in [0.5, 0.6) is 0 Å². The molecule has 0 aliphatic heterocycles. The Kier molecular flexibility index (Phi) is 4.70. The minimum atomic E-state index is -3.57. The number of rotatable bonds is 5. The number of anilines is 2. The Hall–Kier alpha value is -2.72. The molecule has 2 aromatic carbocycles. The summed E-state index contributed by atoms with van der Waals surface area (Å²) in [5.41, 5.74) is 0.306. The van der Waals surface area contributed by atoms with Gasteiger partial charge in [0.15, 0.2) is 0 Å². The standard InChI is InChI=1S/C18H15ClF2N4O3S/c1-25-17(18(26)22-9-2-5-13(20)12(19)6-9)16-14(21)7-10(8-15(16)23-25)24-29(27,28)11-3-4-11/h2,5-8,11,24H,3-4H2,1H3,(H,22,26). The van der Waals surface area contributed by atoms with Gasteiger partial charge in [0.2, 0.25) is 10.0 Å². The summed E-state index contributed by atoms with van der Waals surface area (Å²) in [5.74, 6) is -2.11. The number of carbonyl (C=O) groups excluding carboxylic acids is 1. The zero-order valence-corrected chi connectivity index (χ0v) is 16.6. The molecule has 11 heteroatoms. The number of halogens is 3. The fraction of sp³-hybridized carbons (Fsp3) is 0.222. The number of nitrogens with zero attached hydrogens (tertiary/aromatic N) is 2. The molecule has 0 bridgehead atoms. The van der Waals surface area contributed by atoms with Gasteiger partial charge in [-0.3, -0.25) is 14.2 Å². The topological polar surface area (TPSA) is 93.1 Å². The normalized spacial score (nSPS) is 14.2. The first kappa shape index (κ1) is 19.6. The number of hydrogen-bond donors (Lipinski definition) is 2. The number of amides is 1. The summed E-state index contributed by atoms with van der Waals surface area (Å²) in [6.07, 6.45) is 1.14. The van der Waals surface area contributed by atoms with Crippen LogP contribution in [-0.4, -0.2) is 29.4 Å². The average molecular weight is 441 g/mol. The first-order valence-electron chi connectivity index (χ1n) is 8.60. The smallest absolute Gasteiger partial charge is 0.274 e. The van der Waals surface area contributed by atoms with Crippen molar-refractivity contribution in [1.82, 2.24) is 9.78 Å². The molecule has 0 unspecified atom stereocenters. The maximum atomic E-state index is 14.8. The van der Waals surface area contributed by atoms with Gasteiger partial charge < -0.3 is 5.32 Å². The van der Waals surface area contributed by atoms with Crippen molar-refractivity contribution in [1.29, 1.82) is 0 Å². The second-order valence-electron chi connectivity index (χ2n) is 6.75. The fourth-order valence-electron chi connectivity index (χ4n) is 2.99. The van der Waals surface area contributed by atoms with Gasteiger partial charge in [0.05, 0.1) is 26.9 Å². The van der Waals surface area contributed by atoms with Crippen molar-refractivity contribution in [2.45, 2.75) is 18.1 Å². The summed E-state index contributed by atoms with van der Waals surface area (Å²) in [4.78, 5) is 12.7. The van der Waals surface area contributed by atoms with Crippen molar-refractivity contribution in [3.8, 4) is 0 Å². The number of carbonyl (C=O) groups is 1. The summed E-state index contributed by atoms with van der Waals surface area (Å²) in [6.45, 7) is 0. The number of hydrogen-bond acceptors (Lipinski definition) is 4. The fourth-order valence-corrected chi connectivity index (χ4v) is 4.54. The molecular weight excluding hydrogens is 426 g/mol. The van der Waals surface area contributed by atoms with Crippen molar-refractivity contribution in [3.63, 3.8) is 0 Å². The molecule has 1 fully saturated rings.